The summed E-state index contributed by atoms with van der Waals surface area (Å²) in [6.45, 7) is 6.46. The number of rotatable bonds is 0. The second kappa shape index (κ2) is 5.33. The Morgan fingerprint density at radius 3 is 2.60 bits per heavy atom. The molecule has 0 radical (unpaired) electrons. The van der Waals surface area contributed by atoms with E-state index in [0.29, 0.717) is 5.41 Å². The van der Waals surface area contributed by atoms with Crippen molar-refractivity contribution in [1.82, 2.24) is 0 Å². The molecule has 0 aromatic heterocycles. The van der Waals surface area contributed by atoms with Crippen molar-refractivity contribution in [3.8, 4) is 6.07 Å². The zero-order valence-corrected chi connectivity index (χ0v) is 15.7. The minimum atomic E-state index is -0.305. The topological polar surface area (TPSA) is 42.2 Å². The molecule has 136 valence electrons. The SMILES string of the molecule is C[C@]12CCC3(CC1=CCC1C2CC[C@@]2(C)C1CC[C@@H]2C#N)OCCO3. The lowest BCUT2D eigenvalue weighted by Gasteiger charge is -2.58. The summed E-state index contributed by atoms with van der Waals surface area (Å²) >= 11 is 0. The van der Waals surface area contributed by atoms with Crippen molar-refractivity contribution >= 4 is 0 Å². The van der Waals surface area contributed by atoms with Gasteiger partial charge in [0.25, 0.3) is 0 Å². The average Bonchev–Trinajstić information content (AvgIpc) is 3.19. The molecule has 25 heavy (non-hydrogen) atoms. The van der Waals surface area contributed by atoms with Crippen LogP contribution < -0.4 is 0 Å². The highest BCUT2D eigenvalue weighted by atomic mass is 16.7. The fourth-order valence-electron chi connectivity index (χ4n) is 7.56. The Balaban J connectivity index is 1.45. The minimum absolute atomic E-state index is 0.269. The van der Waals surface area contributed by atoms with Gasteiger partial charge < -0.3 is 9.47 Å². The predicted octanol–water partition coefficient (Wildman–Crippen LogP) is 4.83. The van der Waals surface area contributed by atoms with Crippen LogP contribution in [0.3, 0.4) is 0 Å². The molecule has 0 aromatic rings. The molecule has 3 nitrogen and oxygen atoms in total. The Bertz CT molecular complexity index is 643. The fourth-order valence-corrected chi connectivity index (χ4v) is 7.56. The maximum atomic E-state index is 9.63. The molecular formula is C22H31NO2. The molecule has 3 saturated carbocycles. The molecular weight excluding hydrogens is 310 g/mol. The molecule has 5 rings (SSSR count). The van der Waals surface area contributed by atoms with Crippen molar-refractivity contribution in [2.45, 2.75) is 71.0 Å². The first-order valence-electron chi connectivity index (χ1n) is 10.4. The number of hydrogen-bond acceptors (Lipinski definition) is 3. The van der Waals surface area contributed by atoms with Crippen molar-refractivity contribution in [3.63, 3.8) is 0 Å². The Kier molecular flexibility index (Phi) is 3.48. The number of ether oxygens (including phenoxy) is 2. The maximum absolute atomic E-state index is 9.63. The number of nitriles is 1. The van der Waals surface area contributed by atoms with Gasteiger partial charge in [-0.3, -0.25) is 0 Å². The minimum Gasteiger partial charge on any atom is -0.347 e. The van der Waals surface area contributed by atoms with Gasteiger partial charge in [0, 0.05) is 12.8 Å². The summed E-state index contributed by atoms with van der Waals surface area (Å²) in [5.74, 6) is 2.31. The van der Waals surface area contributed by atoms with E-state index in [-0.39, 0.29) is 17.1 Å². The van der Waals surface area contributed by atoms with Crippen molar-refractivity contribution in [2.75, 3.05) is 13.2 Å². The predicted molar refractivity (Wildman–Crippen MR) is 95.4 cm³/mol. The van der Waals surface area contributed by atoms with Crippen molar-refractivity contribution < 1.29 is 9.47 Å². The highest BCUT2D eigenvalue weighted by Gasteiger charge is 2.60. The summed E-state index contributed by atoms with van der Waals surface area (Å²) in [5, 5.41) is 9.63. The first-order chi connectivity index (χ1) is 12.0. The zero-order chi connectivity index (χ0) is 17.3. The lowest BCUT2D eigenvalue weighted by molar-refractivity contribution is -0.185. The second-order valence-corrected chi connectivity index (χ2v) is 9.85. The maximum Gasteiger partial charge on any atom is 0.172 e. The second-order valence-electron chi connectivity index (χ2n) is 9.85. The van der Waals surface area contributed by atoms with Gasteiger partial charge in [-0.05, 0) is 67.1 Å². The van der Waals surface area contributed by atoms with E-state index in [1.807, 2.05) is 0 Å². The normalized spacial score (nSPS) is 50.5. The van der Waals surface area contributed by atoms with Gasteiger partial charge in [0.05, 0.1) is 25.2 Å². The average molecular weight is 341 g/mol. The Morgan fingerprint density at radius 1 is 1.04 bits per heavy atom. The van der Waals surface area contributed by atoms with E-state index in [0.717, 1.165) is 50.2 Å². The first kappa shape index (κ1) is 16.3. The van der Waals surface area contributed by atoms with Crippen LogP contribution in [0.1, 0.15) is 65.2 Å². The van der Waals surface area contributed by atoms with E-state index in [9.17, 15) is 5.26 Å². The lowest BCUT2D eigenvalue weighted by atomic mass is 9.47. The Hall–Kier alpha value is -0.850. The van der Waals surface area contributed by atoms with Crippen LogP contribution in [0.5, 0.6) is 0 Å². The highest BCUT2D eigenvalue weighted by molar-refractivity contribution is 5.27. The van der Waals surface area contributed by atoms with Crippen molar-refractivity contribution in [3.05, 3.63) is 11.6 Å². The smallest absolute Gasteiger partial charge is 0.172 e. The fraction of sp³-hybridized carbons (Fsp3) is 0.864. The van der Waals surface area contributed by atoms with Crippen LogP contribution in [0, 0.1) is 45.8 Å². The van der Waals surface area contributed by atoms with Crippen LogP contribution in [0.2, 0.25) is 0 Å². The number of allylic oxidation sites excluding steroid dienone is 1. The molecule has 1 spiro atoms. The molecule has 3 heteroatoms. The van der Waals surface area contributed by atoms with Crippen molar-refractivity contribution in [2.24, 2.45) is 34.5 Å². The van der Waals surface area contributed by atoms with Crippen LogP contribution in [-0.4, -0.2) is 19.0 Å². The summed E-state index contributed by atoms with van der Waals surface area (Å²) in [6.07, 6.45) is 11.9. The standard InChI is InChI=1S/C22H31NO2/c1-20-8-7-19-17(18(20)6-4-16(20)14-23)5-3-15-13-22(24-11-12-25-22)10-9-21(15,19)2/h3,16-19H,4-13H2,1-2H3/t16-,17?,18?,19?,20-,21+/m1/s1. The van der Waals surface area contributed by atoms with E-state index >= 15 is 0 Å². The van der Waals surface area contributed by atoms with E-state index in [2.05, 4.69) is 26.0 Å². The number of hydrogen-bond donors (Lipinski definition) is 0. The summed E-state index contributed by atoms with van der Waals surface area (Å²) in [5.41, 5.74) is 2.21. The van der Waals surface area contributed by atoms with E-state index in [1.54, 1.807) is 5.57 Å². The van der Waals surface area contributed by atoms with Gasteiger partial charge in [-0.1, -0.05) is 25.5 Å². The van der Waals surface area contributed by atoms with Crippen LogP contribution in [-0.2, 0) is 9.47 Å². The summed E-state index contributed by atoms with van der Waals surface area (Å²) in [7, 11) is 0. The van der Waals surface area contributed by atoms with Gasteiger partial charge in [-0.2, -0.15) is 5.26 Å². The molecule has 1 aliphatic heterocycles. The third-order valence-corrected chi connectivity index (χ3v) is 9.08. The quantitative estimate of drug-likeness (QED) is 0.593. The molecule has 5 aliphatic rings. The third kappa shape index (κ3) is 2.10. The van der Waals surface area contributed by atoms with Gasteiger partial charge in [-0.15, -0.1) is 0 Å². The Labute approximate surface area is 151 Å². The van der Waals surface area contributed by atoms with Gasteiger partial charge >= 0.3 is 0 Å². The van der Waals surface area contributed by atoms with Crippen LogP contribution in [0.15, 0.2) is 11.6 Å². The lowest BCUT2D eigenvalue weighted by Crippen LogP contribution is -2.52. The summed E-state index contributed by atoms with van der Waals surface area (Å²) in [6, 6.07) is 2.65. The molecule has 4 fully saturated rings. The largest absolute Gasteiger partial charge is 0.347 e. The molecule has 1 heterocycles. The van der Waals surface area contributed by atoms with Crippen LogP contribution >= 0.6 is 0 Å². The van der Waals surface area contributed by atoms with Crippen molar-refractivity contribution in [1.29, 1.82) is 5.26 Å². The van der Waals surface area contributed by atoms with Crippen LogP contribution in [0.25, 0.3) is 0 Å². The third-order valence-electron chi connectivity index (χ3n) is 9.08. The number of fused-ring (bicyclic) bond motifs is 5. The molecule has 3 unspecified atom stereocenters. The first-order valence-corrected chi connectivity index (χ1v) is 10.4. The molecule has 0 bridgehead atoms. The molecule has 6 atom stereocenters. The van der Waals surface area contributed by atoms with E-state index in [1.165, 1.54) is 32.1 Å². The van der Waals surface area contributed by atoms with Gasteiger partial charge in [0.15, 0.2) is 5.79 Å². The monoisotopic (exact) mass is 341 g/mol. The molecule has 0 N–H and O–H groups in total. The Morgan fingerprint density at radius 2 is 1.84 bits per heavy atom. The molecule has 4 aliphatic carbocycles. The molecule has 1 saturated heterocycles. The molecule has 0 aromatic carbocycles. The van der Waals surface area contributed by atoms with Gasteiger partial charge in [0.2, 0.25) is 0 Å². The summed E-state index contributed by atoms with van der Waals surface area (Å²) < 4.78 is 12.1. The summed E-state index contributed by atoms with van der Waals surface area (Å²) in [4.78, 5) is 0. The number of nitrogens with zero attached hydrogens (tertiary/aromatic N) is 1. The zero-order valence-electron chi connectivity index (χ0n) is 15.7. The van der Waals surface area contributed by atoms with Gasteiger partial charge in [0.1, 0.15) is 0 Å². The van der Waals surface area contributed by atoms with E-state index in [4.69, 9.17) is 9.47 Å². The van der Waals surface area contributed by atoms with Crippen LogP contribution in [0.4, 0.5) is 0 Å². The highest BCUT2D eigenvalue weighted by Crippen LogP contribution is 2.66. The molecule has 0 amide bonds. The van der Waals surface area contributed by atoms with E-state index < -0.39 is 0 Å². The van der Waals surface area contributed by atoms with Gasteiger partial charge in [-0.25, -0.2) is 0 Å².